The molecule has 1 aliphatic carbocycles. The molecule has 3 nitrogen and oxygen atoms in total. The largest absolute Gasteiger partial charge is 0.346 e. The van der Waals surface area contributed by atoms with E-state index >= 15 is 0 Å². The Bertz CT molecular complexity index is 739. The van der Waals surface area contributed by atoms with Crippen LogP contribution in [0.3, 0.4) is 0 Å². The Morgan fingerprint density at radius 1 is 1.32 bits per heavy atom. The Hall–Kier alpha value is -1.87. The number of allylic oxidation sites excluding steroid dienone is 1. The molecule has 1 aromatic heterocycles. The first kappa shape index (κ1) is 15.0. The summed E-state index contributed by atoms with van der Waals surface area (Å²) in [5.74, 6) is -0.137. The average molecular weight is 315 g/mol. The molecule has 0 fully saturated rings. The van der Waals surface area contributed by atoms with Crippen LogP contribution in [0.2, 0.25) is 5.02 Å². The van der Waals surface area contributed by atoms with E-state index in [0.717, 1.165) is 23.7 Å². The molecule has 1 aromatic carbocycles. The number of hydrogen-bond donors (Lipinski definition) is 1. The molecule has 1 amide bonds. The van der Waals surface area contributed by atoms with Crippen LogP contribution in [-0.2, 0) is 0 Å². The van der Waals surface area contributed by atoms with Crippen molar-refractivity contribution in [1.82, 2.24) is 10.3 Å². The van der Waals surface area contributed by atoms with Gasteiger partial charge in [-0.25, -0.2) is 0 Å². The highest BCUT2D eigenvalue weighted by Gasteiger charge is 2.19. The molecule has 2 aromatic rings. The summed E-state index contributed by atoms with van der Waals surface area (Å²) >= 11 is 6.26. The summed E-state index contributed by atoms with van der Waals surface area (Å²) in [6, 6.07) is 7.31. The van der Waals surface area contributed by atoms with Crippen molar-refractivity contribution < 1.29 is 4.79 Å². The predicted octanol–water partition coefficient (Wildman–Crippen LogP) is 4.51. The molecule has 1 unspecified atom stereocenters. The Kier molecular flexibility index (Phi) is 4.44. The lowest BCUT2D eigenvalue weighted by Gasteiger charge is -2.21. The van der Waals surface area contributed by atoms with Crippen molar-refractivity contribution in [1.29, 1.82) is 0 Å². The van der Waals surface area contributed by atoms with Gasteiger partial charge >= 0.3 is 0 Å². The summed E-state index contributed by atoms with van der Waals surface area (Å²) in [4.78, 5) is 17.0. The van der Waals surface area contributed by atoms with E-state index in [2.05, 4.69) is 16.4 Å². The lowest BCUT2D eigenvalue weighted by Crippen LogP contribution is -2.34. The van der Waals surface area contributed by atoms with Gasteiger partial charge in [0.1, 0.15) is 0 Å². The summed E-state index contributed by atoms with van der Waals surface area (Å²) in [5, 5.41) is 4.33. The number of carbonyl (C=O) groups excluding carboxylic acids is 1. The topological polar surface area (TPSA) is 42.0 Å². The summed E-state index contributed by atoms with van der Waals surface area (Å²) < 4.78 is 0. The first-order chi connectivity index (χ1) is 10.7. The SMILES string of the molecule is CC(NC(=O)c1c(Cl)ccc2ncccc12)C1=CCCCC1. The number of halogens is 1. The third kappa shape index (κ3) is 3.00. The van der Waals surface area contributed by atoms with Gasteiger partial charge in [0.25, 0.3) is 5.91 Å². The first-order valence-electron chi connectivity index (χ1n) is 7.70. The van der Waals surface area contributed by atoms with E-state index in [-0.39, 0.29) is 11.9 Å². The number of hydrogen-bond acceptors (Lipinski definition) is 2. The molecule has 0 bridgehead atoms. The Balaban J connectivity index is 1.89. The van der Waals surface area contributed by atoms with Crippen molar-refractivity contribution in [2.75, 3.05) is 0 Å². The normalized spacial score (nSPS) is 16.2. The average Bonchev–Trinajstić information content (AvgIpc) is 2.55. The summed E-state index contributed by atoms with van der Waals surface area (Å²) in [5.41, 5.74) is 2.60. The number of fused-ring (bicyclic) bond motifs is 1. The van der Waals surface area contributed by atoms with Gasteiger partial charge in [-0.2, -0.15) is 0 Å². The van der Waals surface area contributed by atoms with Crippen molar-refractivity contribution in [2.24, 2.45) is 0 Å². The molecule has 114 valence electrons. The number of nitrogens with one attached hydrogen (secondary N) is 1. The van der Waals surface area contributed by atoms with Crippen LogP contribution in [-0.4, -0.2) is 16.9 Å². The molecule has 1 aliphatic rings. The van der Waals surface area contributed by atoms with Gasteiger partial charge in [0, 0.05) is 17.6 Å². The van der Waals surface area contributed by atoms with Crippen LogP contribution in [0.5, 0.6) is 0 Å². The Morgan fingerprint density at radius 3 is 2.95 bits per heavy atom. The number of rotatable bonds is 3. The molecule has 1 N–H and O–H groups in total. The highest BCUT2D eigenvalue weighted by Crippen LogP contribution is 2.26. The first-order valence-corrected chi connectivity index (χ1v) is 8.07. The second kappa shape index (κ2) is 6.49. The van der Waals surface area contributed by atoms with Crippen molar-refractivity contribution in [2.45, 2.75) is 38.6 Å². The highest BCUT2D eigenvalue weighted by molar-refractivity contribution is 6.35. The number of benzene rings is 1. The van der Waals surface area contributed by atoms with Crippen LogP contribution in [0.1, 0.15) is 43.0 Å². The molecule has 0 saturated heterocycles. The molecule has 0 radical (unpaired) electrons. The molecule has 0 saturated carbocycles. The fraction of sp³-hybridized carbons (Fsp3) is 0.333. The second-order valence-corrected chi connectivity index (χ2v) is 6.12. The van der Waals surface area contributed by atoms with Crippen molar-refractivity contribution in [3.05, 3.63) is 52.7 Å². The zero-order chi connectivity index (χ0) is 15.5. The maximum atomic E-state index is 12.7. The van der Waals surface area contributed by atoms with Crippen LogP contribution in [0.25, 0.3) is 10.9 Å². The van der Waals surface area contributed by atoms with Crippen molar-refractivity contribution in [3.8, 4) is 0 Å². The van der Waals surface area contributed by atoms with Crippen molar-refractivity contribution in [3.63, 3.8) is 0 Å². The second-order valence-electron chi connectivity index (χ2n) is 5.71. The zero-order valence-corrected chi connectivity index (χ0v) is 13.4. The zero-order valence-electron chi connectivity index (χ0n) is 12.6. The van der Waals surface area contributed by atoms with Crippen LogP contribution in [0.4, 0.5) is 0 Å². The van der Waals surface area contributed by atoms with Gasteiger partial charge in [-0.05, 0) is 50.8 Å². The predicted molar refractivity (Wildman–Crippen MR) is 90.2 cm³/mol. The summed E-state index contributed by atoms with van der Waals surface area (Å²) in [6.07, 6.45) is 8.57. The number of aromatic nitrogens is 1. The molecule has 4 heteroatoms. The molecule has 1 heterocycles. The molecule has 0 aliphatic heterocycles. The number of pyridine rings is 1. The van der Waals surface area contributed by atoms with Gasteiger partial charge in [-0.3, -0.25) is 9.78 Å². The minimum absolute atomic E-state index is 0.0378. The lowest BCUT2D eigenvalue weighted by molar-refractivity contribution is 0.0946. The quantitative estimate of drug-likeness (QED) is 0.847. The van der Waals surface area contributed by atoms with E-state index in [1.807, 2.05) is 25.1 Å². The van der Waals surface area contributed by atoms with Crippen LogP contribution in [0, 0.1) is 0 Å². The third-order valence-corrected chi connectivity index (χ3v) is 4.51. The van der Waals surface area contributed by atoms with Crippen LogP contribution in [0.15, 0.2) is 42.1 Å². The van der Waals surface area contributed by atoms with Crippen LogP contribution < -0.4 is 5.32 Å². The van der Waals surface area contributed by atoms with Crippen molar-refractivity contribution >= 4 is 28.4 Å². The lowest BCUT2D eigenvalue weighted by atomic mass is 9.94. The smallest absolute Gasteiger partial charge is 0.253 e. The van der Waals surface area contributed by atoms with Gasteiger partial charge in [-0.15, -0.1) is 0 Å². The van der Waals surface area contributed by atoms with E-state index in [1.54, 1.807) is 12.3 Å². The van der Waals surface area contributed by atoms with E-state index in [4.69, 9.17) is 11.6 Å². The van der Waals surface area contributed by atoms with Gasteiger partial charge < -0.3 is 5.32 Å². The van der Waals surface area contributed by atoms with Gasteiger partial charge in [0.2, 0.25) is 0 Å². The maximum absolute atomic E-state index is 12.7. The van der Waals surface area contributed by atoms with Crippen LogP contribution >= 0.6 is 11.6 Å². The number of carbonyl (C=O) groups is 1. The molecule has 3 rings (SSSR count). The fourth-order valence-corrected chi connectivity index (χ4v) is 3.22. The minimum Gasteiger partial charge on any atom is -0.346 e. The Labute approximate surface area is 135 Å². The van der Waals surface area contributed by atoms with E-state index in [1.165, 1.54) is 18.4 Å². The van der Waals surface area contributed by atoms with Gasteiger partial charge in [-0.1, -0.05) is 29.3 Å². The number of nitrogens with zero attached hydrogens (tertiary/aromatic N) is 1. The molecule has 22 heavy (non-hydrogen) atoms. The molecule has 0 spiro atoms. The van der Waals surface area contributed by atoms with E-state index in [9.17, 15) is 4.79 Å². The number of amides is 1. The Morgan fingerprint density at radius 2 is 2.18 bits per heavy atom. The highest BCUT2D eigenvalue weighted by atomic mass is 35.5. The molecular weight excluding hydrogens is 296 g/mol. The molecule has 1 atom stereocenters. The van der Waals surface area contributed by atoms with E-state index < -0.39 is 0 Å². The monoisotopic (exact) mass is 314 g/mol. The maximum Gasteiger partial charge on any atom is 0.253 e. The van der Waals surface area contributed by atoms with Gasteiger partial charge in [0.05, 0.1) is 16.1 Å². The van der Waals surface area contributed by atoms with E-state index in [0.29, 0.717) is 10.6 Å². The fourth-order valence-electron chi connectivity index (χ4n) is 2.97. The van der Waals surface area contributed by atoms with Gasteiger partial charge in [0.15, 0.2) is 0 Å². The summed E-state index contributed by atoms with van der Waals surface area (Å²) in [6.45, 7) is 2.03. The minimum atomic E-state index is -0.137. The summed E-state index contributed by atoms with van der Waals surface area (Å²) in [7, 11) is 0. The standard InChI is InChI=1S/C18H19ClN2O/c1-12(13-6-3-2-4-7-13)21-18(22)17-14-8-5-11-20-16(14)10-9-15(17)19/h5-6,8-12H,2-4,7H2,1H3,(H,21,22). The third-order valence-electron chi connectivity index (χ3n) is 4.19. The molecular formula is C18H19ClN2O.